The minimum Gasteiger partial charge on any atom is -0.424 e. The molecule has 0 bridgehead atoms. The molecular weight excluding hydrogens is 231 g/mol. The van der Waals surface area contributed by atoms with Gasteiger partial charge in [-0.25, -0.2) is 4.79 Å². The molecule has 0 amide bonds. The number of hydrogen-bond donors (Lipinski definition) is 0. The maximum atomic E-state index is 12.3. The zero-order valence-electron chi connectivity index (χ0n) is 7.99. The van der Waals surface area contributed by atoms with Crippen LogP contribution in [0.5, 0.6) is 0 Å². The third kappa shape index (κ3) is 3.27. The van der Waals surface area contributed by atoms with Gasteiger partial charge < -0.3 is 14.2 Å². The van der Waals surface area contributed by atoms with Crippen LogP contribution in [-0.4, -0.2) is 37.8 Å². The van der Waals surface area contributed by atoms with Gasteiger partial charge in [0.2, 0.25) is 6.10 Å². The Bertz CT molecular complexity index is 299. The summed E-state index contributed by atoms with van der Waals surface area (Å²) >= 11 is 0. The first-order valence-corrected chi connectivity index (χ1v) is 4.34. The third-order valence-electron chi connectivity index (χ3n) is 1.77. The molecule has 1 saturated heterocycles. The Morgan fingerprint density at radius 1 is 1.44 bits per heavy atom. The summed E-state index contributed by atoms with van der Waals surface area (Å²) in [5.74, 6) is 0. The molecule has 8 heteroatoms. The van der Waals surface area contributed by atoms with E-state index in [1.807, 2.05) is 0 Å². The predicted molar refractivity (Wildman–Crippen MR) is 42.2 cm³/mol. The highest BCUT2D eigenvalue weighted by molar-refractivity contribution is 5.62. The van der Waals surface area contributed by atoms with Crippen molar-refractivity contribution in [3.8, 4) is 6.07 Å². The zero-order valence-corrected chi connectivity index (χ0v) is 7.99. The average molecular weight is 239 g/mol. The average Bonchev–Trinajstić information content (AvgIpc) is 2.54. The lowest BCUT2D eigenvalue weighted by atomic mass is 10.2. The highest BCUT2D eigenvalue weighted by Gasteiger charge is 2.54. The molecule has 0 aromatic heterocycles. The van der Waals surface area contributed by atoms with Crippen molar-refractivity contribution in [2.75, 3.05) is 13.2 Å². The van der Waals surface area contributed by atoms with Crippen molar-refractivity contribution in [2.24, 2.45) is 0 Å². The van der Waals surface area contributed by atoms with Crippen molar-refractivity contribution in [1.29, 1.82) is 5.26 Å². The molecule has 0 radical (unpaired) electrons. The van der Waals surface area contributed by atoms with Gasteiger partial charge in [0, 0.05) is 0 Å². The highest BCUT2D eigenvalue weighted by atomic mass is 19.4. The molecule has 1 aliphatic rings. The number of carbonyl (C=O) groups excluding carboxylic acids is 1. The number of ether oxygens (including phenoxy) is 3. The summed E-state index contributed by atoms with van der Waals surface area (Å²) in [6.45, 7) is -0.466. The van der Waals surface area contributed by atoms with Gasteiger partial charge in [-0.05, 0) is 0 Å². The van der Waals surface area contributed by atoms with Gasteiger partial charge in [-0.2, -0.15) is 18.4 Å². The van der Waals surface area contributed by atoms with E-state index in [9.17, 15) is 18.0 Å². The number of nitrogens with zero attached hydrogens (tertiary/aromatic N) is 1. The molecule has 0 aromatic rings. The van der Waals surface area contributed by atoms with Crippen LogP contribution in [0, 0.1) is 11.3 Å². The molecule has 0 N–H and O–H groups in total. The number of carbonyl (C=O) groups is 1. The van der Waals surface area contributed by atoms with E-state index < -0.39 is 31.1 Å². The molecule has 1 aliphatic heterocycles. The molecule has 2 atom stereocenters. The minimum absolute atomic E-state index is 0.0187. The fourth-order valence-corrected chi connectivity index (χ4v) is 1.11. The monoisotopic (exact) mass is 239 g/mol. The summed E-state index contributed by atoms with van der Waals surface area (Å²) in [5.41, 5.74) is 0. The van der Waals surface area contributed by atoms with Crippen LogP contribution in [0.3, 0.4) is 0 Å². The van der Waals surface area contributed by atoms with Gasteiger partial charge in [0.15, 0.2) is 6.10 Å². The lowest BCUT2D eigenvalue weighted by Gasteiger charge is -2.17. The molecule has 0 aromatic carbocycles. The second-order valence-electron chi connectivity index (χ2n) is 2.97. The topological polar surface area (TPSA) is 68.5 Å². The van der Waals surface area contributed by atoms with Crippen molar-refractivity contribution < 1.29 is 32.2 Å². The van der Waals surface area contributed by atoms with E-state index in [2.05, 4.69) is 9.47 Å². The molecule has 90 valence electrons. The molecule has 1 rings (SSSR count). The van der Waals surface area contributed by atoms with Crippen LogP contribution >= 0.6 is 0 Å². The van der Waals surface area contributed by atoms with Gasteiger partial charge in [0.1, 0.15) is 0 Å². The molecule has 0 aliphatic carbocycles. The summed E-state index contributed by atoms with van der Waals surface area (Å²) < 4.78 is 49.9. The van der Waals surface area contributed by atoms with Crippen LogP contribution in [0.4, 0.5) is 18.0 Å². The molecule has 1 heterocycles. The van der Waals surface area contributed by atoms with Crippen molar-refractivity contribution >= 4 is 6.16 Å². The van der Waals surface area contributed by atoms with E-state index in [-0.39, 0.29) is 13.0 Å². The van der Waals surface area contributed by atoms with E-state index in [0.717, 1.165) is 0 Å². The summed E-state index contributed by atoms with van der Waals surface area (Å²) in [6, 6.07) is 1.76. The van der Waals surface area contributed by atoms with Gasteiger partial charge in [-0.1, -0.05) is 0 Å². The molecule has 0 spiro atoms. The lowest BCUT2D eigenvalue weighted by molar-refractivity contribution is -0.207. The van der Waals surface area contributed by atoms with Gasteiger partial charge in [0.25, 0.3) is 0 Å². The second-order valence-corrected chi connectivity index (χ2v) is 2.97. The number of halogens is 3. The normalized spacial score (nSPS) is 24.8. The van der Waals surface area contributed by atoms with Crippen molar-refractivity contribution in [3.63, 3.8) is 0 Å². The van der Waals surface area contributed by atoms with E-state index in [1.165, 1.54) is 0 Å². The summed E-state index contributed by atoms with van der Waals surface area (Å²) in [6.07, 6.45) is -9.81. The first kappa shape index (κ1) is 12.6. The number of rotatable bonds is 4. The van der Waals surface area contributed by atoms with Crippen LogP contribution < -0.4 is 0 Å². The SMILES string of the molecule is N#CCCOCC1OC(=O)OC1C(F)(F)F. The maximum absolute atomic E-state index is 12.3. The summed E-state index contributed by atoms with van der Waals surface area (Å²) in [7, 11) is 0. The van der Waals surface area contributed by atoms with Crippen molar-refractivity contribution in [1.82, 2.24) is 0 Å². The molecule has 5 nitrogen and oxygen atoms in total. The third-order valence-corrected chi connectivity index (χ3v) is 1.77. The number of alkyl halides is 3. The Morgan fingerprint density at radius 2 is 2.12 bits per heavy atom. The van der Waals surface area contributed by atoms with Crippen LogP contribution in [0.25, 0.3) is 0 Å². The summed E-state index contributed by atoms with van der Waals surface area (Å²) in [4.78, 5) is 10.5. The smallest absolute Gasteiger partial charge is 0.424 e. The fraction of sp³-hybridized carbons (Fsp3) is 0.750. The summed E-state index contributed by atoms with van der Waals surface area (Å²) in [5, 5.41) is 8.16. The van der Waals surface area contributed by atoms with E-state index in [0.29, 0.717) is 0 Å². The number of nitriles is 1. The molecule has 0 saturated carbocycles. The zero-order chi connectivity index (χ0) is 12.2. The van der Waals surface area contributed by atoms with Crippen LogP contribution in [0.15, 0.2) is 0 Å². The lowest BCUT2D eigenvalue weighted by Crippen LogP contribution is -2.40. The Hall–Kier alpha value is -1.49. The van der Waals surface area contributed by atoms with Crippen molar-refractivity contribution in [2.45, 2.75) is 24.8 Å². The fourth-order valence-electron chi connectivity index (χ4n) is 1.11. The number of cyclic esters (lactones) is 2. The molecular formula is C8H8F3NO4. The van der Waals surface area contributed by atoms with Crippen molar-refractivity contribution in [3.05, 3.63) is 0 Å². The quantitative estimate of drug-likeness (QED) is 0.547. The van der Waals surface area contributed by atoms with Gasteiger partial charge >= 0.3 is 12.3 Å². The molecule has 16 heavy (non-hydrogen) atoms. The maximum Gasteiger partial charge on any atom is 0.509 e. The first-order chi connectivity index (χ1) is 7.45. The predicted octanol–water partition coefficient (Wildman–Crippen LogP) is 1.38. The van der Waals surface area contributed by atoms with Gasteiger partial charge in [0.05, 0.1) is 25.7 Å². The van der Waals surface area contributed by atoms with E-state index in [4.69, 9.17) is 10.00 Å². The van der Waals surface area contributed by atoms with E-state index in [1.54, 1.807) is 6.07 Å². The Balaban J connectivity index is 2.45. The molecule has 1 fully saturated rings. The largest absolute Gasteiger partial charge is 0.509 e. The van der Waals surface area contributed by atoms with Crippen LogP contribution in [0.2, 0.25) is 0 Å². The van der Waals surface area contributed by atoms with Gasteiger partial charge in [-0.3, -0.25) is 0 Å². The number of hydrogen-bond acceptors (Lipinski definition) is 5. The Kier molecular flexibility index (Phi) is 3.95. The highest BCUT2D eigenvalue weighted by Crippen LogP contribution is 2.31. The van der Waals surface area contributed by atoms with E-state index >= 15 is 0 Å². The second kappa shape index (κ2) is 5.03. The van der Waals surface area contributed by atoms with Crippen LogP contribution in [0.1, 0.15) is 6.42 Å². The minimum atomic E-state index is -4.69. The standard InChI is InChI=1S/C8H8F3NO4/c9-8(10,11)6-5(15-7(13)16-6)4-14-3-1-2-12/h5-6H,1,3-4H2. The Labute approximate surface area is 88.7 Å². The first-order valence-electron chi connectivity index (χ1n) is 4.34. The van der Waals surface area contributed by atoms with Crippen LogP contribution in [-0.2, 0) is 14.2 Å². The Morgan fingerprint density at radius 3 is 2.69 bits per heavy atom. The van der Waals surface area contributed by atoms with Gasteiger partial charge in [-0.15, -0.1) is 0 Å². The molecule has 2 unspecified atom stereocenters.